The molecule has 3 heterocycles. The van der Waals surface area contributed by atoms with Crippen molar-refractivity contribution in [3.63, 3.8) is 0 Å². The Labute approximate surface area is 243 Å². The molecule has 1 saturated carbocycles. The molecule has 1 amide bonds. The summed E-state index contributed by atoms with van der Waals surface area (Å²) in [7, 11) is 1.55. The number of nitrogens with one attached hydrogen (secondary N) is 1. The Balaban J connectivity index is 1.32. The molecule has 7 heteroatoms. The van der Waals surface area contributed by atoms with Crippen molar-refractivity contribution >= 4 is 22.6 Å². The van der Waals surface area contributed by atoms with Gasteiger partial charge in [-0.25, -0.2) is 0 Å². The fourth-order valence-corrected chi connectivity index (χ4v) is 7.31. The second-order valence-corrected chi connectivity index (χ2v) is 12.5. The maximum atomic E-state index is 13.7. The SMILES string of the molecule is COc1cc(C)[nH]c(=O)c1CCC(=O)c1c(C)n([C@H](C)C2CCN(C(=O)C3CCC(C)CC3)CC2)c2ccccc12. The van der Waals surface area contributed by atoms with Gasteiger partial charge in [-0.15, -0.1) is 0 Å². The van der Waals surface area contributed by atoms with Crippen LogP contribution in [0.3, 0.4) is 0 Å². The Bertz CT molecular complexity index is 1470. The number of carbonyl (C=O) groups is 2. The first-order chi connectivity index (χ1) is 19.7. The number of likely N-dealkylation sites (tertiary alicyclic amines) is 1. The van der Waals surface area contributed by atoms with Gasteiger partial charge < -0.3 is 19.2 Å². The molecule has 3 aromatic rings. The summed E-state index contributed by atoms with van der Waals surface area (Å²) < 4.78 is 7.78. The fraction of sp³-hybridized carbons (Fsp3) is 0.559. The number of amides is 1. The number of hydrogen-bond donors (Lipinski definition) is 1. The number of H-pyrrole nitrogens is 1. The summed E-state index contributed by atoms with van der Waals surface area (Å²) in [5.74, 6) is 2.30. The third kappa shape index (κ3) is 5.86. The highest BCUT2D eigenvalue weighted by Crippen LogP contribution is 2.37. The number of pyridine rings is 1. The number of benzene rings is 1. The molecule has 1 N–H and O–H groups in total. The van der Waals surface area contributed by atoms with Crippen LogP contribution in [0.15, 0.2) is 35.1 Å². The standard InChI is InChI=1S/C34H45N3O4/c1-21-10-12-26(13-11-21)34(40)36-18-16-25(17-19-36)23(3)37-24(4)32(27-8-6-7-9-29(27)37)30(38)15-14-28-31(41-5)20-22(2)35-33(28)39/h6-9,20-21,23,25-26H,10-19H2,1-5H3,(H,35,39)/t21?,23-,26?/m1/s1. The number of Topliss-reactive ketones (excluding diaryl/α,β-unsaturated/α-hetero) is 1. The maximum Gasteiger partial charge on any atom is 0.255 e. The predicted octanol–water partition coefficient (Wildman–Crippen LogP) is 6.40. The van der Waals surface area contributed by atoms with E-state index in [0.29, 0.717) is 29.6 Å². The van der Waals surface area contributed by atoms with Crippen LogP contribution in [0.25, 0.3) is 10.9 Å². The molecule has 5 rings (SSSR count). The zero-order chi connectivity index (χ0) is 29.3. The lowest BCUT2D eigenvalue weighted by atomic mass is 9.81. The number of nitrogens with zero attached hydrogens (tertiary/aromatic N) is 2. The molecule has 2 aromatic heterocycles. The number of carbonyl (C=O) groups excluding carboxylic acids is 2. The lowest BCUT2D eigenvalue weighted by molar-refractivity contribution is -0.138. The van der Waals surface area contributed by atoms with E-state index in [4.69, 9.17) is 4.74 Å². The van der Waals surface area contributed by atoms with Crippen molar-refractivity contribution in [2.75, 3.05) is 20.2 Å². The summed E-state index contributed by atoms with van der Waals surface area (Å²) in [5, 5.41) is 0.964. The van der Waals surface area contributed by atoms with E-state index in [1.165, 1.54) is 12.8 Å². The van der Waals surface area contributed by atoms with Gasteiger partial charge in [0, 0.05) is 59.3 Å². The van der Waals surface area contributed by atoms with Crippen molar-refractivity contribution in [1.82, 2.24) is 14.5 Å². The van der Waals surface area contributed by atoms with Gasteiger partial charge in [0.2, 0.25) is 5.91 Å². The number of rotatable bonds is 8. The first-order valence-corrected chi connectivity index (χ1v) is 15.4. The van der Waals surface area contributed by atoms with Gasteiger partial charge in [-0.2, -0.15) is 0 Å². The van der Waals surface area contributed by atoms with E-state index in [9.17, 15) is 14.4 Å². The van der Waals surface area contributed by atoms with E-state index in [0.717, 1.165) is 72.5 Å². The van der Waals surface area contributed by atoms with Crippen LogP contribution in [0.2, 0.25) is 0 Å². The molecule has 1 aliphatic heterocycles. The summed E-state index contributed by atoms with van der Waals surface area (Å²) in [6.45, 7) is 10.0. The molecule has 2 aliphatic rings. The summed E-state index contributed by atoms with van der Waals surface area (Å²) in [4.78, 5) is 44.5. The number of methoxy groups -OCH3 is 1. The van der Waals surface area contributed by atoms with Crippen LogP contribution >= 0.6 is 0 Å². The lowest BCUT2D eigenvalue weighted by Crippen LogP contribution is -2.43. The van der Waals surface area contributed by atoms with Gasteiger partial charge in [0.25, 0.3) is 5.56 Å². The maximum absolute atomic E-state index is 13.7. The van der Waals surface area contributed by atoms with Gasteiger partial charge >= 0.3 is 0 Å². The van der Waals surface area contributed by atoms with Crippen LogP contribution in [0.1, 0.15) is 92.1 Å². The van der Waals surface area contributed by atoms with E-state index in [-0.39, 0.29) is 29.7 Å². The second-order valence-electron chi connectivity index (χ2n) is 12.5. The lowest BCUT2D eigenvalue weighted by Gasteiger charge is -2.38. The summed E-state index contributed by atoms with van der Waals surface area (Å²) in [5.41, 5.74) is 3.82. The van der Waals surface area contributed by atoms with E-state index in [2.05, 4.69) is 34.4 Å². The van der Waals surface area contributed by atoms with Crippen LogP contribution in [-0.2, 0) is 11.2 Å². The van der Waals surface area contributed by atoms with Gasteiger partial charge in [0.15, 0.2) is 5.78 Å². The third-order valence-corrected chi connectivity index (χ3v) is 9.79. The van der Waals surface area contributed by atoms with Crippen molar-refractivity contribution in [2.45, 2.75) is 85.1 Å². The number of aromatic amines is 1. The minimum atomic E-state index is -0.203. The van der Waals surface area contributed by atoms with Gasteiger partial charge in [-0.3, -0.25) is 14.4 Å². The molecule has 1 aliphatic carbocycles. The number of fused-ring (bicyclic) bond motifs is 1. The number of aromatic nitrogens is 2. The van der Waals surface area contributed by atoms with Gasteiger partial charge in [-0.05, 0) is 89.7 Å². The zero-order valence-electron chi connectivity index (χ0n) is 25.3. The molecule has 1 aromatic carbocycles. The Kier molecular flexibility index (Phi) is 8.71. The Morgan fingerprint density at radius 2 is 1.73 bits per heavy atom. The summed E-state index contributed by atoms with van der Waals surface area (Å²) in [6, 6.07) is 10.2. The zero-order valence-corrected chi connectivity index (χ0v) is 25.3. The fourth-order valence-electron chi connectivity index (χ4n) is 7.31. The van der Waals surface area contributed by atoms with Crippen molar-refractivity contribution in [3.8, 4) is 5.75 Å². The molecule has 41 heavy (non-hydrogen) atoms. The molecular formula is C34H45N3O4. The van der Waals surface area contributed by atoms with Crippen molar-refractivity contribution in [3.05, 3.63) is 63.2 Å². The molecule has 7 nitrogen and oxygen atoms in total. The first kappa shape index (κ1) is 29.2. The summed E-state index contributed by atoms with van der Waals surface area (Å²) >= 11 is 0. The Morgan fingerprint density at radius 1 is 1.05 bits per heavy atom. The number of piperidine rings is 1. The highest BCUT2D eigenvalue weighted by Gasteiger charge is 2.33. The number of aryl methyl sites for hydroxylation is 1. The van der Waals surface area contributed by atoms with Gasteiger partial charge in [0.05, 0.1) is 12.7 Å². The van der Waals surface area contributed by atoms with Crippen molar-refractivity contribution < 1.29 is 14.3 Å². The third-order valence-electron chi connectivity index (χ3n) is 9.79. The van der Waals surface area contributed by atoms with E-state index < -0.39 is 0 Å². The van der Waals surface area contributed by atoms with Crippen LogP contribution < -0.4 is 10.3 Å². The molecular weight excluding hydrogens is 514 g/mol. The number of para-hydroxylation sites is 1. The van der Waals surface area contributed by atoms with Crippen LogP contribution in [0, 0.1) is 31.6 Å². The molecule has 0 unspecified atom stereocenters. The Morgan fingerprint density at radius 3 is 2.41 bits per heavy atom. The highest BCUT2D eigenvalue weighted by molar-refractivity contribution is 6.09. The van der Waals surface area contributed by atoms with Crippen molar-refractivity contribution in [2.24, 2.45) is 17.8 Å². The molecule has 0 radical (unpaired) electrons. The van der Waals surface area contributed by atoms with E-state index >= 15 is 0 Å². The van der Waals surface area contributed by atoms with Gasteiger partial charge in [0.1, 0.15) is 5.75 Å². The average Bonchev–Trinajstić information content (AvgIpc) is 3.27. The molecule has 1 atom stereocenters. The molecule has 0 bridgehead atoms. The second kappa shape index (κ2) is 12.3. The van der Waals surface area contributed by atoms with Crippen LogP contribution in [0.5, 0.6) is 5.75 Å². The average molecular weight is 560 g/mol. The van der Waals surface area contributed by atoms with Crippen LogP contribution in [0.4, 0.5) is 0 Å². The minimum Gasteiger partial charge on any atom is -0.496 e. The largest absolute Gasteiger partial charge is 0.496 e. The van der Waals surface area contributed by atoms with Gasteiger partial charge in [-0.1, -0.05) is 25.1 Å². The number of ether oxygens (including phenoxy) is 1. The van der Waals surface area contributed by atoms with E-state index in [1.54, 1.807) is 13.2 Å². The minimum absolute atomic E-state index is 0.0360. The smallest absolute Gasteiger partial charge is 0.255 e. The van der Waals surface area contributed by atoms with E-state index in [1.807, 2.05) is 32.0 Å². The topological polar surface area (TPSA) is 84.4 Å². The first-order valence-electron chi connectivity index (χ1n) is 15.4. The van der Waals surface area contributed by atoms with Crippen LogP contribution in [-0.4, -0.2) is 46.3 Å². The monoisotopic (exact) mass is 559 g/mol. The van der Waals surface area contributed by atoms with Crippen molar-refractivity contribution in [1.29, 1.82) is 0 Å². The molecule has 220 valence electrons. The predicted molar refractivity (Wildman–Crippen MR) is 163 cm³/mol. The number of hydrogen-bond acceptors (Lipinski definition) is 4. The molecule has 2 fully saturated rings. The molecule has 0 spiro atoms. The Hall–Kier alpha value is -3.35. The summed E-state index contributed by atoms with van der Waals surface area (Å²) in [6.07, 6.45) is 6.90. The highest BCUT2D eigenvalue weighted by atomic mass is 16.5. The molecule has 1 saturated heterocycles. The number of ketones is 1. The normalized spacial score (nSPS) is 20.8. The quantitative estimate of drug-likeness (QED) is 0.324.